The molecule has 0 heterocycles. The van der Waals surface area contributed by atoms with Crippen LogP contribution >= 0.6 is 11.8 Å². The highest BCUT2D eigenvalue weighted by Gasteiger charge is 2.16. The Morgan fingerprint density at radius 2 is 1.73 bits per heavy atom. The van der Waals surface area contributed by atoms with Crippen LogP contribution in [0.3, 0.4) is 0 Å². The van der Waals surface area contributed by atoms with Crippen molar-refractivity contribution in [3.63, 3.8) is 0 Å². The molecule has 2 aromatic rings. The topological polar surface area (TPSA) is 78.4 Å². The Labute approximate surface area is 156 Å². The van der Waals surface area contributed by atoms with E-state index < -0.39 is 6.10 Å². The molecule has 0 spiro atoms. The van der Waals surface area contributed by atoms with E-state index in [1.807, 2.05) is 12.1 Å². The minimum atomic E-state index is -0.895. The van der Waals surface area contributed by atoms with Crippen LogP contribution in [0.5, 0.6) is 0 Å². The highest BCUT2D eigenvalue weighted by atomic mass is 32.2. The third-order valence-electron chi connectivity index (χ3n) is 3.58. The maximum absolute atomic E-state index is 12.9. The van der Waals surface area contributed by atoms with Gasteiger partial charge in [0.05, 0.1) is 11.4 Å². The largest absolute Gasteiger partial charge is 0.387 e. The minimum absolute atomic E-state index is 0.0524. The van der Waals surface area contributed by atoms with Crippen LogP contribution in [-0.2, 0) is 9.59 Å². The molecule has 0 bridgehead atoms. The number of carbonyl (C=O) groups is 2. The Morgan fingerprint density at radius 1 is 1.12 bits per heavy atom. The van der Waals surface area contributed by atoms with E-state index in [9.17, 15) is 19.1 Å². The molecule has 2 rings (SSSR count). The number of carbonyl (C=O) groups excluding carboxylic acids is 2. The Kier molecular flexibility index (Phi) is 7.17. The number of benzene rings is 2. The molecule has 2 aromatic carbocycles. The summed E-state index contributed by atoms with van der Waals surface area (Å²) in [4.78, 5) is 24.1. The summed E-state index contributed by atoms with van der Waals surface area (Å²) in [5, 5.41) is 15.1. The lowest BCUT2D eigenvalue weighted by Crippen LogP contribution is -2.34. The predicted octanol–water partition coefficient (Wildman–Crippen LogP) is 3.11. The van der Waals surface area contributed by atoms with Gasteiger partial charge in [-0.1, -0.05) is 12.1 Å². The van der Waals surface area contributed by atoms with Gasteiger partial charge in [-0.3, -0.25) is 9.59 Å². The predicted molar refractivity (Wildman–Crippen MR) is 100 cm³/mol. The number of aliphatic hydroxyl groups is 1. The first-order chi connectivity index (χ1) is 12.3. The molecule has 2 amide bonds. The first-order valence-electron chi connectivity index (χ1n) is 8.10. The Balaban J connectivity index is 1.83. The highest BCUT2D eigenvalue weighted by molar-refractivity contribution is 8.00. The third-order valence-corrected chi connectivity index (χ3v) is 4.69. The average Bonchev–Trinajstić information content (AvgIpc) is 2.61. The van der Waals surface area contributed by atoms with E-state index in [0.29, 0.717) is 11.3 Å². The van der Waals surface area contributed by atoms with E-state index in [2.05, 4.69) is 10.6 Å². The number of anilines is 1. The van der Waals surface area contributed by atoms with Crippen LogP contribution in [0.1, 0.15) is 25.5 Å². The van der Waals surface area contributed by atoms with Gasteiger partial charge in [0.25, 0.3) is 0 Å². The number of rotatable bonds is 7. The quantitative estimate of drug-likeness (QED) is 0.649. The summed E-state index contributed by atoms with van der Waals surface area (Å²) < 4.78 is 12.9. The van der Waals surface area contributed by atoms with Crippen molar-refractivity contribution in [2.75, 3.05) is 11.9 Å². The van der Waals surface area contributed by atoms with Crippen molar-refractivity contribution >= 4 is 29.3 Å². The van der Waals surface area contributed by atoms with E-state index in [-0.39, 0.29) is 29.4 Å². The summed E-state index contributed by atoms with van der Waals surface area (Å²) in [6.45, 7) is 3.26. The summed E-state index contributed by atoms with van der Waals surface area (Å²) in [6.07, 6.45) is -0.895. The van der Waals surface area contributed by atoms with Crippen LogP contribution in [0, 0.1) is 5.82 Å². The number of hydrogen-bond donors (Lipinski definition) is 3. The van der Waals surface area contributed by atoms with Gasteiger partial charge in [0.2, 0.25) is 11.8 Å². The Hall–Kier alpha value is -2.38. The fourth-order valence-corrected chi connectivity index (χ4v) is 3.11. The summed E-state index contributed by atoms with van der Waals surface area (Å²) in [7, 11) is 0. The first kappa shape index (κ1) is 19.9. The van der Waals surface area contributed by atoms with Crippen molar-refractivity contribution in [1.29, 1.82) is 0 Å². The first-order valence-corrected chi connectivity index (χ1v) is 8.98. The number of halogens is 1. The number of thioether (sulfide) groups is 1. The molecule has 0 aromatic heterocycles. The highest BCUT2D eigenvalue weighted by Crippen LogP contribution is 2.25. The standard InChI is InChI=1S/C19H21FN2O3S/c1-12(26-17-9-7-16(8-10-17)22-13(2)23)19(25)21-11-18(24)14-3-5-15(20)6-4-14/h3-10,12,18,24H,11H2,1-2H3,(H,21,25)(H,22,23). The molecule has 5 nitrogen and oxygen atoms in total. The summed E-state index contributed by atoms with van der Waals surface area (Å²) in [6, 6.07) is 12.7. The van der Waals surface area contributed by atoms with Crippen molar-refractivity contribution in [1.82, 2.24) is 5.32 Å². The normalized spacial score (nSPS) is 12.9. The molecule has 0 aliphatic carbocycles. The second-order valence-corrected chi connectivity index (χ2v) is 7.19. The molecule has 26 heavy (non-hydrogen) atoms. The molecule has 3 N–H and O–H groups in total. The van der Waals surface area contributed by atoms with Crippen LogP contribution < -0.4 is 10.6 Å². The molecule has 138 valence electrons. The van der Waals surface area contributed by atoms with Crippen molar-refractivity contribution in [2.45, 2.75) is 30.1 Å². The Bertz CT molecular complexity index is 750. The van der Waals surface area contributed by atoms with E-state index in [4.69, 9.17) is 0 Å². The van der Waals surface area contributed by atoms with Gasteiger partial charge >= 0.3 is 0 Å². The van der Waals surface area contributed by atoms with Crippen molar-refractivity contribution in [2.24, 2.45) is 0 Å². The summed E-state index contributed by atoms with van der Waals surface area (Å²) in [5.74, 6) is -0.723. The van der Waals surface area contributed by atoms with Crippen LogP contribution in [0.25, 0.3) is 0 Å². The van der Waals surface area contributed by atoms with Crippen LogP contribution in [0.4, 0.5) is 10.1 Å². The lowest BCUT2D eigenvalue weighted by atomic mass is 10.1. The maximum atomic E-state index is 12.9. The zero-order chi connectivity index (χ0) is 19.1. The Morgan fingerprint density at radius 3 is 2.31 bits per heavy atom. The van der Waals surface area contributed by atoms with Gasteiger partial charge in [-0.25, -0.2) is 4.39 Å². The fourth-order valence-electron chi connectivity index (χ4n) is 2.22. The lowest BCUT2D eigenvalue weighted by Gasteiger charge is -2.15. The number of nitrogens with one attached hydrogen (secondary N) is 2. The minimum Gasteiger partial charge on any atom is -0.387 e. The summed E-state index contributed by atoms with van der Waals surface area (Å²) in [5.41, 5.74) is 1.24. The molecule has 0 saturated heterocycles. The van der Waals surface area contributed by atoms with Crippen molar-refractivity contribution in [3.8, 4) is 0 Å². The van der Waals surface area contributed by atoms with Gasteiger partial charge in [0, 0.05) is 24.1 Å². The molecular formula is C19H21FN2O3S. The molecule has 2 atom stereocenters. The van der Waals surface area contributed by atoms with Gasteiger partial charge in [0.15, 0.2) is 0 Å². The monoisotopic (exact) mass is 376 g/mol. The van der Waals surface area contributed by atoms with E-state index in [0.717, 1.165) is 4.90 Å². The van der Waals surface area contributed by atoms with Gasteiger partial charge in [-0.05, 0) is 48.9 Å². The average molecular weight is 376 g/mol. The molecular weight excluding hydrogens is 355 g/mol. The number of hydrogen-bond acceptors (Lipinski definition) is 4. The second kappa shape index (κ2) is 9.35. The van der Waals surface area contributed by atoms with Crippen LogP contribution in [0.2, 0.25) is 0 Å². The van der Waals surface area contributed by atoms with Gasteiger partial charge in [-0.15, -0.1) is 11.8 Å². The summed E-state index contributed by atoms with van der Waals surface area (Å²) >= 11 is 1.37. The van der Waals surface area contributed by atoms with Gasteiger partial charge in [0.1, 0.15) is 5.82 Å². The smallest absolute Gasteiger partial charge is 0.233 e. The molecule has 7 heteroatoms. The second-order valence-electron chi connectivity index (χ2n) is 5.78. The van der Waals surface area contributed by atoms with Crippen molar-refractivity contribution in [3.05, 3.63) is 59.9 Å². The van der Waals surface area contributed by atoms with E-state index in [1.54, 1.807) is 19.1 Å². The van der Waals surface area contributed by atoms with Crippen LogP contribution in [-0.4, -0.2) is 28.7 Å². The van der Waals surface area contributed by atoms with E-state index >= 15 is 0 Å². The molecule has 0 aliphatic heterocycles. The number of amides is 2. The molecule has 0 aliphatic rings. The van der Waals surface area contributed by atoms with Gasteiger partial charge in [-0.2, -0.15) is 0 Å². The zero-order valence-electron chi connectivity index (χ0n) is 14.5. The molecule has 0 saturated carbocycles. The fraction of sp³-hybridized carbons (Fsp3) is 0.263. The van der Waals surface area contributed by atoms with Gasteiger partial charge < -0.3 is 15.7 Å². The lowest BCUT2D eigenvalue weighted by molar-refractivity contribution is -0.120. The SMILES string of the molecule is CC(=O)Nc1ccc(SC(C)C(=O)NCC(O)c2ccc(F)cc2)cc1. The molecule has 0 fully saturated rings. The number of aliphatic hydroxyl groups excluding tert-OH is 1. The third kappa shape index (κ3) is 6.16. The molecule has 2 unspecified atom stereocenters. The zero-order valence-corrected chi connectivity index (χ0v) is 15.3. The van der Waals surface area contributed by atoms with Crippen LogP contribution in [0.15, 0.2) is 53.4 Å². The maximum Gasteiger partial charge on any atom is 0.233 e. The molecule has 0 radical (unpaired) electrons. The van der Waals surface area contributed by atoms with Crippen molar-refractivity contribution < 1.29 is 19.1 Å². The van der Waals surface area contributed by atoms with E-state index in [1.165, 1.54) is 43.0 Å².